The fraction of sp³-hybridized carbons (Fsp3) is 0.222. The lowest BCUT2D eigenvalue weighted by molar-refractivity contribution is -0.137. The van der Waals surface area contributed by atoms with Crippen LogP contribution in [0.25, 0.3) is 0 Å². The summed E-state index contributed by atoms with van der Waals surface area (Å²) >= 11 is 5.55. The monoisotopic (exact) mass is 237 g/mol. The lowest BCUT2D eigenvalue weighted by atomic mass is 10.0. The van der Waals surface area contributed by atoms with E-state index in [0.717, 1.165) is 19.1 Å². The molecular formula is C9H7ClF3NO. The first-order valence-electron chi connectivity index (χ1n) is 3.91. The van der Waals surface area contributed by atoms with Gasteiger partial charge in [-0.15, -0.1) is 0 Å². The number of carbonyl (C=O) groups is 1. The summed E-state index contributed by atoms with van der Waals surface area (Å²) in [6.45, 7) is 1.01. The number of Topliss-reactive ketones (excluding diaryl/α,β-unsaturated/α-hetero) is 1. The van der Waals surface area contributed by atoms with Crippen LogP contribution >= 0.6 is 11.6 Å². The molecule has 1 rings (SSSR count). The minimum absolute atomic E-state index is 0.0464. The van der Waals surface area contributed by atoms with Gasteiger partial charge in [0.25, 0.3) is 0 Å². The Balaban J connectivity index is 3.55. The Kier molecular flexibility index (Phi) is 2.95. The van der Waals surface area contributed by atoms with E-state index in [-0.39, 0.29) is 10.7 Å². The lowest BCUT2D eigenvalue weighted by Gasteiger charge is -2.13. The summed E-state index contributed by atoms with van der Waals surface area (Å²) in [6.07, 6.45) is -4.61. The van der Waals surface area contributed by atoms with E-state index >= 15 is 0 Å². The first kappa shape index (κ1) is 11.8. The lowest BCUT2D eigenvalue weighted by Crippen LogP contribution is -2.13. The highest BCUT2D eigenvalue weighted by molar-refractivity contribution is 6.36. The molecule has 82 valence electrons. The van der Waals surface area contributed by atoms with Crippen molar-refractivity contribution >= 4 is 23.1 Å². The molecule has 0 aromatic heterocycles. The fourth-order valence-electron chi connectivity index (χ4n) is 1.17. The largest absolute Gasteiger partial charge is 0.417 e. The van der Waals surface area contributed by atoms with Crippen LogP contribution in [0.5, 0.6) is 0 Å². The van der Waals surface area contributed by atoms with E-state index in [9.17, 15) is 18.0 Å². The maximum Gasteiger partial charge on any atom is 0.417 e. The topological polar surface area (TPSA) is 43.1 Å². The van der Waals surface area contributed by atoms with Crippen molar-refractivity contribution in [2.75, 3.05) is 5.73 Å². The summed E-state index contributed by atoms with van der Waals surface area (Å²) in [5.74, 6) is -0.764. The zero-order valence-electron chi connectivity index (χ0n) is 7.65. The van der Waals surface area contributed by atoms with Crippen LogP contribution in [0.1, 0.15) is 22.8 Å². The van der Waals surface area contributed by atoms with Crippen molar-refractivity contribution < 1.29 is 18.0 Å². The van der Waals surface area contributed by atoms with Crippen molar-refractivity contribution in [1.29, 1.82) is 0 Å². The number of alkyl halides is 3. The van der Waals surface area contributed by atoms with Crippen LogP contribution in [-0.2, 0) is 6.18 Å². The molecule has 0 aliphatic heterocycles. The number of halogens is 4. The predicted molar refractivity (Wildman–Crippen MR) is 50.9 cm³/mol. The number of hydrogen-bond acceptors (Lipinski definition) is 2. The van der Waals surface area contributed by atoms with Gasteiger partial charge in [-0.1, -0.05) is 11.6 Å². The third kappa shape index (κ3) is 2.23. The molecule has 15 heavy (non-hydrogen) atoms. The first-order chi connectivity index (χ1) is 6.75. The number of rotatable bonds is 1. The molecule has 0 spiro atoms. The highest BCUT2D eigenvalue weighted by Gasteiger charge is 2.35. The van der Waals surface area contributed by atoms with E-state index in [2.05, 4.69) is 0 Å². The zero-order valence-corrected chi connectivity index (χ0v) is 8.41. The van der Waals surface area contributed by atoms with E-state index in [1.54, 1.807) is 0 Å². The van der Waals surface area contributed by atoms with Gasteiger partial charge in [0.1, 0.15) is 0 Å². The van der Waals surface area contributed by atoms with Crippen LogP contribution in [0, 0.1) is 0 Å². The van der Waals surface area contributed by atoms with Crippen molar-refractivity contribution in [3.8, 4) is 0 Å². The summed E-state index contributed by atoms with van der Waals surface area (Å²) in [5.41, 5.74) is 3.63. The molecule has 1 aromatic rings. The number of hydrogen-bond donors (Lipinski definition) is 1. The molecule has 0 bridgehead atoms. The normalized spacial score (nSPS) is 11.5. The zero-order chi connectivity index (χ0) is 11.8. The average molecular weight is 238 g/mol. The van der Waals surface area contributed by atoms with Crippen LogP contribution in [-0.4, -0.2) is 5.78 Å². The second kappa shape index (κ2) is 3.73. The molecule has 1 aromatic carbocycles. The smallest absolute Gasteiger partial charge is 0.398 e. The van der Waals surface area contributed by atoms with E-state index in [1.807, 2.05) is 0 Å². The van der Waals surface area contributed by atoms with Crippen molar-refractivity contribution in [2.45, 2.75) is 13.1 Å². The number of nitrogen functional groups attached to an aromatic ring is 1. The summed E-state index contributed by atoms with van der Waals surface area (Å²) in [6, 6.07) is 1.77. The number of anilines is 1. The molecule has 0 atom stereocenters. The van der Waals surface area contributed by atoms with Gasteiger partial charge in [-0.3, -0.25) is 4.79 Å². The van der Waals surface area contributed by atoms with Gasteiger partial charge in [-0.05, 0) is 19.1 Å². The Morgan fingerprint density at radius 1 is 1.40 bits per heavy atom. The number of benzene rings is 1. The molecule has 0 radical (unpaired) electrons. The minimum atomic E-state index is -4.61. The molecule has 2 nitrogen and oxygen atoms in total. The molecule has 0 amide bonds. The average Bonchev–Trinajstić information content (AvgIpc) is 2.06. The van der Waals surface area contributed by atoms with Gasteiger partial charge in [0.05, 0.1) is 21.8 Å². The van der Waals surface area contributed by atoms with Gasteiger partial charge < -0.3 is 5.73 Å². The number of carbonyl (C=O) groups excluding carboxylic acids is 1. The van der Waals surface area contributed by atoms with E-state index in [0.29, 0.717) is 0 Å². The Labute approximate surface area is 88.8 Å². The fourth-order valence-corrected chi connectivity index (χ4v) is 1.47. The van der Waals surface area contributed by atoms with Crippen LogP contribution in [0.2, 0.25) is 5.02 Å². The van der Waals surface area contributed by atoms with Gasteiger partial charge >= 0.3 is 6.18 Å². The highest BCUT2D eigenvalue weighted by atomic mass is 35.5. The molecule has 0 aliphatic carbocycles. The van der Waals surface area contributed by atoms with Crippen LogP contribution < -0.4 is 5.73 Å². The summed E-state index contributed by atoms with van der Waals surface area (Å²) in [5, 5.41) is -0.350. The van der Waals surface area contributed by atoms with Crippen LogP contribution in [0.15, 0.2) is 12.1 Å². The Hall–Kier alpha value is -1.23. The molecule has 0 saturated carbocycles. The second-order valence-corrected chi connectivity index (χ2v) is 3.32. The maximum atomic E-state index is 12.5. The second-order valence-electron chi connectivity index (χ2n) is 2.95. The maximum absolute atomic E-state index is 12.5. The van der Waals surface area contributed by atoms with E-state index in [1.165, 1.54) is 0 Å². The van der Waals surface area contributed by atoms with Crippen LogP contribution in [0.4, 0.5) is 18.9 Å². The van der Waals surface area contributed by atoms with Crippen molar-refractivity contribution in [2.24, 2.45) is 0 Å². The standard InChI is InChI=1S/C9H7ClF3NO/c1-4(15)7-5(9(11,12)13)2-3-6(14)8(7)10/h2-3H,14H2,1H3. The summed E-state index contributed by atoms with van der Waals surface area (Å²) in [7, 11) is 0. The Morgan fingerprint density at radius 2 is 1.93 bits per heavy atom. The Bertz CT molecular complexity index is 415. The molecule has 0 heterocycles. The summed E-state index contributed by atoms with van der Waals surface area (Å²) < 4.78 is 37.4. The van der Waals surface area contributed by atoms with Crippen molar-refractivity contribution in [1.82, 2.24) is 0 Å². The molecule has 2 N–H and O–H groups in total. The molecule has 0 fully saturated rings. The predicted octanol–water partition coefficient (Wildman–Crippen LogP) is 3.14. The Morgan fingerprint density at radius 3 is 2.33 bits per heavy atom. The van der Waals surface area contributed by atoms with Gasteiger partial charge in [-0.25, -0.2) is 0 Å². The van der Waals surface area contributed by atoms with Crippen molar-refractivity contribution in [3.63, 3.8) is 0 Å². The van der Waals surface area contributed by atoms with Gasteiger partial charge in [-0.2, -0.15) is 13.2 Å². The third-order valence-corrected chi connectivity index (χ3v) is 2.24. The molecule has 6 heteroatoms. The van der Waals surface area contributed by atoms with E-state index in [4.69, 9.17) is 17.3 Å². The first-order valence-corrected chi connectivity index (χ1v) is 4.29. The molecular weight excluding hydrogens is 231 g/mol. The molecule has 0 aliphatic rings. The number of ketones is 1. The van der Waals surface area contributed by atoms with Gasteiger partial charge in [0.15, 0.2) is 5.78 Å². The number of nitrogens with two attached hydrogens (primary N) is 1. The van der Waals surface area contributed by atoms with Gasteiger partial charge in [0.2, 0.25) is 0 Å². The van der Waals surface area contributed by atoms with Crippen molar-refractivity contribution in [3.05, 3.63) is 28.3 Å². The summed E-state index contributed by atoms with van der Waals surface area (Å²) in [4.78, 5) is 11.0. The third-order valence-electron chi connectivity index (χ3n) is 1.83. The quantitative estimate of drug-likeness (QED) is 0.602. The van der Waals surface area contributed by atoms with Crippen LogP contribution in [0.3, 0.4) is 0 Å². The molecule has 0 saturated heterocycles. The van der Waals surface area contributed by atoms with Gasteiger partial charge in [0, 0.05) is 0 Å². The SMILES string of the molecule is CC(=O)c1c(C(F)(F)F)ccc(N)c1Cl. The van der Waals surface area contributed by atoms with E-state index < -0.39 is 23.1 Å². The minimum Gasteiger partial charge on any atom is -0.398 e. The highest BCUT2D eigenvalue weighted by Crippen LogP contribution is 2.37. The molecule has 0 unspecified atom stereocenters.